The Morgan fingerprint density at radius 1 is 1.18 bits per heavy atom. The fourth-order valence-electron chi connectivity index (χ4n) is 4.16. The topological polar surface area (TPSA) is 98.3 Å². The van der Waals surface area contributed by atoms with Gasteiger partial charge in [0.15, 0.2) is 5.82 Å². The second kappa shape index (κ2) is 9.17. The number of pyridine rings is 1. The molecule has 1 aromatic carbocycles. The number of hydrogen-bond donors (Lipinski definition) is 1. The Kier molecular flexibility index (Phi) is 5.91. The predicted molar refractivity (Wildman–Crippen MR) is 129 cm³/mol. The number of benzene rings is 1. The lowest BCUT2D eigenvalue weighted by Gasteiger charge is -2.30. The van der Waals surface area contributed by atoms with Gasteiger partial charge in [-0.05, 0) is 36.4 Å². The maximum atomic E-state index is 11.9. The van der Waals surface area contributed by atoms with Gasteiger partial charge < -0.3 is 24.0 Å². The average Bonchev–Trinajstić information content (AvgIpc) is 3.52. The van der Waals surface area contributed by atoms with Gasteiger partial charge in [0.25, 0.3) is 5.91 Å². The molecule has 1 fully saturated rings. The zero-order valence-corrected chi connectivity index (χ0v) is 19.6. The third-order valence-corrected chi connectivity index (χ3v) is 6.11. The first-order valence-electron chi connectivity index (χ1n) is 11.6. The molecule has 0 radical (unpaired) electrons. The van der Waals surface area contributed by atoms with Gasteiger partial charge in [-0.15, -0.1) is 0 Å². The van der Waals surface area contributed by atoms with Crippen LogP contribution in [0.15, 0.2) is 53.3 Å². The van der Waals surface area contributed by atoms with Crippen molar-refractivity contribution in [2.24, 2.45) is 0 Å². The van der Waals surface area contributed by atoms with Crippen LogP contribution in [-0.4, -0.2) is 51.8 Å². The second-order valence-corrected chi connectivity index (χ2v) is 8.78. The first kappa shape index (κ1) is 21.9. The van der Waals surface area contributed by atoms with Crippen molar-refractivity contribution in [3.05, 3.63) is 60.2 Å². The minimum atomic E-state index is -0.0995. The van der Waals surface area contributed by atoms with E-state index in [2.05, 4.69) is 39.2 Å². The average molecular weight is 461 g/mol. The molecule has 0 bridgehead atoms. The number of rotatable bonds is 6. The monoisotopic (exact) mass is 460 g/mol. The number of anilines is 1. The molecule has 3 aromatic heterocycles. The van der Waals surface area contributed by atoms with Gasteiger partial charge in [-0.2, -0.15) is 4.98 Å². The Morgan fingerprint density at radius 2 is 2.00 bits per heavy atom. The molecular weight excluding hydrogens is 432 g/mol. The number of amides is 1. The molecule has 1 saturated heterocycles. The smallest absolute Gasteiger partial charge is 0.324 e. The van der Waals surface area contributed by atoms with E-state index in [0.717, 1.165) is 54.2 Å². The van der Waals surface area contributed by atoms with Crippen molar-refractivity contribution in [3.63, 3.8) is 0 Å². The third kappa shape index (κ3) is 4.33. The molecule has 0 saturated carbocycles. The maximum absolute atomic E-state index is 11.9. The number of aromatic nitrogens is 4. The van der Waals surface area contributed by atoms with Crippen LogP contribution in [0, 0.1) is 0 Å². The first-order valence-corrected chi connectivity index (χ1v) is 11.6. The Bertz CT molecular complexity index is 1290. The van der Waals surface area contributed by atoms with Crippen LogP contribution in [0.3, 0.4) is 0 Å². The summed E-state index contributed by atoms with van der Waals surface area (Å²) in [6, 6.07) is 12.1. The molecule has 1 N–H and O–H groups in total. The van der Waals surface area contributed by atoms with Gasteiger partial charge in [-0.3, -0.25) is 4.79 Å². The lowest BCUT2D eigenvalue weighted by molar-refractivity contribution is 0.0963. The van der Waals surface area contributed by atoms with E-state index < -0.39 is 0 Å². The highest BCUT2D eigenvalue weighted by Gasteiger charge is 2.24. The van der Waals surface area contributed by atoms with Crippen molar-refractivity contribution in [1.82, 2.24) is 25.0 Å². The number of nitrogens with zero attached hydrogens (tertiary/aromatic N) is 5. The molecule has 4 heterocycles. The van der Waals surface area contributed by atoms with E-state index in [4.69, 9.17) is 9.26 Å². The molecule has 5 rings (SSSR count). The number of piperidine rings is 1. The molecule has 0 unspecified atom stereocenters. The summed E-state index contributed by atoms with van der Waals surface area (Å²) in [4.78, 5) is 23.1. The molecule has 9 heteroatoms. The molecule has 34 heavy (non-hydrogen) atoms. The molecule has 4 aromatic rings. The van der Waals surface area contributed by atoms with E-state index in [0.29, 0.717) is 11.6 Å². The lowest BCUT2D eigenvalue weighted by Crippen LogP contribution is -2.38. The summed E-state index contributed by atoms with van der Waals surface area (Å²) < 4.78 is 13.6. The molecular formula is C25H28N6O3. The molecule has 9 nitrogen and oxygen atoms in total. The molecule has 176 valence electrons. The first-order chi connectivity index (χ1) is 16.5. The number of nitrogens with one attached hydrogen (secondary N) is 1. The van der Waals surface area contributed by atoms with Gasteiger partial charge in [-0.1, -0.05) is 19.0 Å². The summed E-state index contributed by atoms with van der Waals surface area (Å²) in [5.74, 6) is 2.43. The van der Waals surface area contributed by atoms with Crippen LogP contribution in [-0.2, 0) is 0 Å². The van der Waals surface area contributed by atoms with E-state index in [1.165, 1.54) is 0 Å². The molecule has 1 amide bonds. The van der Waals surface area contributed by atoms with Crippen LogP contribution in [0.25, 0.3) is 16.7 Å². The van der Waals surface area contributed by atoms with Crippen LogP contribution in [0.2, 0.25) is 0 Å². The van der Waals surface area contributed by atoms with Gasteiger partial charge in [0, 0.05) is 56.0 Å². The minimum Gasteiger partial charge on any atom is -0.489 e. The van der Waals surface area contributed by atoms with Crippen molar-refractivity contribution in [2.45, 2.75) is 38.7 Å². The number of carbonyl (C=O) groups excluding carboxylic acids is 1. The Labute approximate surface area is 197 Å². The van der Waals surface area contributed by atoms with E-state index in [1.807, 2.05) is 47.2 Å². The summed E-state index contributed by atoms with van der Waals surface area (Å²) in [6.45, 7) is 5.72. The maximum Gasteiger partial charge on any atom is 0.324 e. The molecule has 0 aliphatic carbocycles. The van der Waals surface area contributed by atoms with Crippen molar-refractivity contribution < 1.29 is 14.1 Å². The molecule has 0 spiro atoms. The predicted octanol–water partition coefficient (Wildman–Crippen LogP) is 3.94. The SMILES string of the molecule is CNC(=O)c1ccc2c(ccn2-c2ccc(OC3CCN(c4nc(C(C)C)no4)CC3)cn2)c1. The van der Waals surface area contributed by atoms with Crippen LogP contribution in [0.4, 0.5) is 6.01 Å². The fraction of sp³-hybridized carbons (Fsp3) is 0.360. The highest BCUT2D eigenvalue weighted by Crippen LogP contribution is 2.25. The highest BCUT2D eigenvalue weighted by molar-refractivity contribution is 5.98. The molecule has 1 aliphatic rings. The van der Waals surface area contributed by atoms with Crippen molar-refractivity contribution in [2.75, 3.05) is 25.0 Å². The summed E-state index contributed by atoms with van der Waals surface area (Å²) in [5.41, 5.74) is 1.62. The van der Waals surface area contributed by atoms with Crippen molar-refractivity contribution >= 4 is 22.8 Å². The number of hydrogen-bond acceptors (Lipinski definition) is 7. The van der Waals surface area contributed by atoms with Crippen LogP contribution in [0.5, 0.6) is 5.75 Å². The Balaban J connectivity index is 1.22. The standard InChI is InChI=1S/C25H28N6O3/c1-16(2)23-28-25(34-29-23)30-11-9-19(10-12-30)33-20-5-7-22(27-15-20)31-13-8-17-14-18(24(32)26-3)4-6-21(17)31/h4-8,13-16,19H,9-12H2,1-3H3,(H,26,32). The minimum absolute atomic E-state index is 0.0995. The van der Waals surface area contributed by atoms with Crippen molar-refractivity contribution in [3.8, 4) is 11.6 Å². The zero-order chi connectivity index (χ0) is 23.7. The van der Waals surface area contributed by atoms with E-state index in [9.17, 15) is 4.79 Å². The van der Waals surface area contributed by atoms with Gasteiger partial charge in [0.2, 0.25) is 0 Å². The Morgan fingerprint density at radius 3 is 2.68 bits per heavy atom. The van der Waals surface area contributed by atoms with Crippen LogP contribution in [0.1, 0.15) is 48.8 Å². The van der Waals surface area contributed by atoms with E-state index in [-0.39, 0.29) is 17.9 Å². The van der Waals surface area contributed by atoms with Crippen LogP contribution < -0.4 is 15.0 Å². The fourth-order valence-corrected chi connectivity index (χ4v) is 4.16. The van der Waals surface area contributed by atoms with Gasteiger partial charge >= 0.3 is 6.01 Å². The van der Waals surface area contributed by atoms with Gasteiger partial charge in [-0.25, -0.2) is 4.98 Å². The number of fused-ring (bicyclic) bond motifs is 1. The highest BCUT2D eigenvalue weighted by atomic mass is 16.5. The summed E-state index contributed by atoms with van der Waals surface area (Å²) >= 11 is 0. The Hall–Kier alpha value is -3.88. The summed E-state index contributed by atoms with van der Waals surface area (Å²) in [7, 11) is 1.63. The molecule has 1 aliphatic heterocycles. The quantitative estimate of drug-likeness (QED) is 0.465. The zero-order valence-electron chi connectivity index (χ0n) is 19.6. The number of carbonyl (C=O) groups is 1. The number of ether oxygens (including phenoxy) is 1. The van der Waals surface area contributed by atoms with Gasteiger partial charge in [0.1, 0.15) is 17.7 Å². The lowest BCUT2D eigenvalue weighted by atomic mass is 10.1. The van der Waals surface area contributed by atoms with Gasteiger partial charge in [0.05, 0.1) is 11.7 Å². The van der Waals surface area contributed by atoms with E-state index >= 15 is 0 Å². The third-order valence-electron chi connectivity index (χ3n) is 6.11. The van der Waals surface area contributed by atoms with Crippen molar-refractivity contribution in [1.29, 1.82) is 0 Å². The van der Waals surface area contributed by atoms with E-state index in [1.54, 1.807) is 13.2 Å². The largest absolute Gasteiger partial charge is 0.489 e. The second-order valence-electron chi connectivity index (χ2n) is 8.78. The summed E-state index contributed by atoms with van der Waals surface area (Å²) in [6.07, 6.45) is 5.58. The molecule has 0 atom stereocenters. The normalized spacial score (nSPS) is 14.6. The van der Waals surface area contributed by atoms with Crippen LogP contribution >= 0.6 is 0 Å². The summed E-state index contributed by atoms with van der Waals surface area (Å²) in [5, 5.41) is 7.69.